The highest BCUT2D eigenvalue weighted by molar-refractivity contribution is 6.08. The van der Waals surface area contributed by atoms with E-state index in [2.05, 4.69) is 47.2 Å². The lowest BCUT2D eigenvalue weighted by Crippen LogP contribution is -2.20. The van der Waals surface area contributed by atoms with Crippen molar-refractivity contribution >= 4 is 17.3 Å². The molecule has 1 amide bonds. The first kappa shape index (κ1) is 28.5. The predicted molar refractivity (Wildman–Crippen MR) is 129 cm³/mol. The quantitative estimate of drug-likeness (QED) is 0.302. The normalized spacial score (nSPS) is 11.4. The van der Waals surface area contributed by atoms with Crippen molar-refractivity contribution in [3.05, 3.63) is 65.8 Å². The van der Waals surface area contributed by atoms with Crippen LogP contribution in [-0.2, 0) is 11.2 Å². The zero-order chi connectivity index (χ0) is 22.7. The van der Waals surface area contributed by atoms with E-state index in [0.717, 1.165) is 28.8 Å². The largest absolute Gasteiger partial charge is 0.388 e. The molecule has 0 aliphatic carbocycles. The number of nitrogens with one attached hydrogen (secondary N) is 2. The first-order valence-corrected chi connectivity index (χ1v) is 10.2. The Labute approximate surface area is 177 Å². The molecule has 29 heavy (non-hydrogen) atoms. The van der Waals surface area contributed by atoms with Gasteiger partial charge in [-0.15, -0.1) is 0 Å². The second-order valence-electron chi connectivity index (χ2n) is 5.80. The van der Waals surface area contributed by atoms with Gasteiger partial charge >= 0.3 is 0 Å². The van der Waals surface area contributed by atoms with Crippen molar-refractivity contribution in [2.45, 2.75) is 53.9 Å². The molecule has 0 radical (unpaired) electrons. The number of hydrogen-bond donors (Lipinski definition) is 3. The highest BCUT2D eigenvalue weighted by Crippen LogP contribution is 2.11. The van der Waals surface area contributed by atoms with Crippen LogP contribution in [0, 0.1) is 0 Å². The topological polar surface area (TPSA) is 79.5 Å². The average molecular weight is 401 g/mol. The van der Waals surface area contributed by atoms with E-state index in [1.54, 1.807) is 6.08 Å². The molecule has 0 spiro atoms. The van der Waals surface area contributed by atoms with Crippen molar-refractivity contribution in [2.75, 3.05) is 19.4 Å². The molecule has 1 aromatic carbocycles. The lowest BCUT2D eigenvalue weighted by atomic mass is 10.1. The number of rotatable bonds is 9. The van der Waals surface area contributed by atoms with Crippen LogP contribution in [-0.4, -0.2) is 25.7 Å². The smallest absolute Gasteiger partial charge is 0.240 e. The number of anilines is 1. The van der Waals surface area contributed by atoms with Crippen molar-refractivity contribution in [3.63, 3.8) is 0 Å². The minimum absolute atomic E-state index is 0.105. The number of aryl methyl sites for hydroxylation is 1. The fraction of sp³-hybridized carbons (Fsp3) is 0.417. The number of hydrogen-bond acceptors (Lipinski definition) is 4. The molecule has 0 aliphatic heterocycles. The Balaban J connectivity index is 0. The summed E-state index contributed by atoms with van der Waals surface area (Å²) in [6, 6.07) is 8.05. The molecule has 0 saturated carbocycles. The molecular weight excluding hydrogens is 360 g/mol. The van der Waals surface area contributed by atoms with Crippen LogP contribution in [0.15, 0.2) is 65.3 Å². The van der Waals surface area contributed by atoms with E-state index < -0.39 is 0 Å². The van der Waals surface area contributed by atoms with E-state index in [1.807, 2.05) is 59.0 Å². The van der Waals surface area contributed by atoms with Gasteiger partial charge in [0.15, 0.2) is 0 Å². The zero-order valence-corrected chi connectivity index (χ0v) is 19.3. The maximum absolute atomic E-state index is 12.0. The van der Waals surface area contributed by atoms with E-state index in [-0.39, 0.29) is 5.91 Å². The Hall–Kier alpha value is -2.66. The molecule has 0 heterocycles. The third-order valence-electron chi connectivity index (χ3n) is 3.96. The van der Waals surface area contributed by atoms with E-state index in [1.165, 1.54) is 7.05 Å². The molecule has 162 valence electrons. The number of hydrazone groups is 1. The average Bonchev–Trinajstić information content (AvgIpc) is 2.79. The van der Waals surface area contributed by atoms with Crippen molar-refractivity contribution < 1.29 is 4.79 Å². The summed E-state index contributed by atoms with van der Waals surface area (Å²) in [7, 11) is 3.38. The van der Waals surface area contributed by atoms with Crippen LogP contribution < -0.4 is 16.5 Å². The molecule has 5 heteroatoms. The van der Waals surface area contributed by atoms with Crippen molar-refractivity contribution in [2.24, 2.45) is 10.8 Å². The highest BCUT2D eigenvalue weighted by Gasteiger charge is 2.04. The Morgan fingerprint density at radius 3 is 2.24 bits per heavy atom. The van der Waals surface area contributed by atoms with Crippen LogP contribution in [0.25, 0.3) is 0 Å². The van der Waals surface area contributed by atoms with Crippen LogP contribution in [0.5, 0.6) is 0 Å². The molecule has 0 aliphatic rings. The number of allylic oxidation sites excluding steroid dienone is 5. The summed E-state index contributed by atoms with van der Waals surface area (Å²) in [6.07, 6.45) is 7.88. The monoisotopic (exact) mass is 400 g/mol. The summed E-state index contributed by atoms with van der Waals surface area (Å²) < 4.78 is 0. The van der Waals surface area contributed by atoms with Gasteiger partial charge in [0.05, 0.1) is 5.71 Å². The minimum Gasteiger partial charge on any atom is -0.388 e. The standard InChI is InChI=1S/C21H29N3O.C2H6.CH5N/c1-6-8-9-16(3)17(4)20(7-2)23-24-21(25)15-12-18-10-13-19(22-5)14-11-18;2*1-2/h7-11,13-14,22H,2,6,12,15H2,1,3-5H3,(H,24,25);1-2H3;2H2,1H3/b9-8-,17-16+,23-20+;;. The van der Waals surface area contributed by atoms with Gasteiger partial charge in [0.25, 0.3) is 0 Å². The summed E-state index contributed by atoms with van der Waals surface area (Å²) in [4.78, 5) is 12.0. The van der Waals surface area contributed by atoms with Gasteiger partial charge in [0.2, 0.25) is 5.91 Å². The van der Waals surface area contributed by atoms with Gasteiger partial charge in [-0.1, -0.05) is 51.6 Å². The SMILES string of the molecule is C=CC(=N\NC(=O)CCc1ccc(NC)cc1)/C(C)=C(C)/C=C\CC.CC.CN. The predicted octanol–water partition coefficient (Wildman–Crippen LogP) is 5.22. The molecule has 0 fully saturated rings. The second kappa shape index (κ2) is 18.7. The minimum atomic E-state index is -0.105. The van der Waals surface area contributed by atoms with Gasteiger partial charge in [0, 0.05) is 19.2 Å². The van der Waals surface area contributed by atoms with Gasteiger partial charge in [-0.05, 0) is 68.7 Å². The van der Waals surface area contributed by atoms with Crippen LogP contribution in [0.3, 0.4) is 0 Å². The van der Waals surface area contributed by atoms with Gasteiger partial charge in [0.1, 0.15) is 0 Å². The molecule has 0 atom stereocenters. The zero-order valence-electron chi connectivity index (χ0n) is 19.3. The van der Waals surface area contributed by atoms with Gasteiger partial charge in [-0.25, -0.2) is 5.43 Å². The first-order valence-electron chi connectivity index (χ1n) is 10.2. The third kappa shape index (κ3) is 12.4. The van der Waals surface area contributed by atoms with Crippen LogP contribution in [0.4, 0.5) is 5.69 Å². The summed E-state index contributed by atoms with van der Waals surface area (Å²) in [5.41, 5.74) is 12.1. The Kier molecular flexibility index (Phi) is 18.4. The molecule has 4 N–H and O–H groups in total. The van der Waals surface area contributed by atoms with Crippen molar-refractivity contribution in [3.8, 4) is 0 Å². The number of carbonyl (C=O) groups excluding carboxylic acids is 1. The maximum Gasteiger partial charge on any atom is 0.240 e. The lowest BCUT2D eigenvalue weighted by molar-refractivity contribution is -0.121. The number of amides is 1. The maximum atomic E-state index is 12.0. The van der Waals surface area contributed by atoms with E-state index in [9.17, 15) is 4.79 Å². The molecule has 5 nitrogen and oxygen atoms in total. The van der Waals surface area contributed by atoms with Crippen molar-refractivity contribution in [1.82, 2.24) is 5.43 Å². The Bertz CT molecular complexity index is 671. The number of benzene rings is 1. The molecule has 0 bridgehead atoms. The summed E-state index contributed by atoms with van der Waals surface area (Å²) in [5, 5.41) is 7.28. The fourth-order valence-corrected chi connectivity index (χ4v) is 2.18. The van der Waals surface area contributed by atoms with Crippen LogP contribution in [0.2, 0.25) is 0 Å². The van der Waals surface area contributed by atoms with E-state index in [0.29, 0.717) is 18.6 Å². The fourth-order valence-electron chi connectivity index (χ4n) is 2.18. The number of nitrogens with two attached hydrogens (primary N) is 1. The van der Waals surface area contributed by atoms with Gasteiger partial charge < -0.3 is 11.1 Å². The second-order valence-corrected chi connectivity index (χ2v) is 5.80. The van der Waals surface area contributed by atoms with E-state index in [4.69, 9.17) is 0 Å². The summed E-state index contributed by atoms with van der Waals surface area (Å²) in [5.74, 6) is -0.105. The molecular formula is C24H40N4O. The van der Waals surface area contributed by atoms with E-state index >= 15 is 0 Å². The van der Waals surface area contributed by atoms with Crippen molar-refractivity contribution in [1.29, 1.82) is 0 Å². The molecule has 0 unspecified atom stereocenters. The lowest BCUT2D eigenvalue weighted by Gasteiger charge is -2.06. The Morgan fingerprint density at radius 1 is 1.17 bits per heavy atom. The summed E-state index contributed by atoms with van der Waals surface area (Å²) >= 11 is 0. The molecule has 0 saturated heterocycles. The summed E-state index contributed by atoms with van der Waals surface area (Å²) in [6.45, 7) is 13.9. The third-order valence-corrected chi connectivity index (χ3v) is 3.96. The highest BCUT2D eigenvalue weighted by atomic mass is 16.2. The van der Waals surface area contributed by atoms with Gasteiger partial charge in [-0.3, -0.25) is 4.79 Å². The first-order chi connectivity index (χ1) is 14.0. The molecule has 0 aromatic heterocycles. The van der Waals surface area contributed by atoms with Crippen LogP contribution >= 0.6 is 0 Å². The number of nitrogens with zero attached hydrogens (tertiary/aromatic N) is 1. The number of carbonyl (C=O) groups is 1. The van der Waals surface area contributed by atoms with Crippen LogP contribution in [0.1, 0.15) is 53.0 Å². The molecule has 1 rings (SSSR count). The molecule has 1 aromatic rings. The Morgan fingerprint density at radius 2 is 1.76 bits per heavy atom. The van der Waals surface area contributed by atoms with Gasteiger partial charge in [-0.2, -0.15) is 5.10 Å².